The second kappa shape index (κ2) is 9.20. The second-order valence-electron chi connectivity index (χ2n) is 5.94. The number of hydrogen-bond donors (Lipinski definition) is 3. The molecule has 2 aromatic rings. The number of nitrogens with two attached hydrogens (primary N) is 1. The van der Waals surface area contributed by atoms with Gasteiger partial charge in [-0.05, 0) is 30.2 Å². The molecule has 0 fully saturated rings. The van der Waals surface area contributed by atoms with Crippen molar-refractivity contribution in [3.63, 3.8) is 0 Å². The van der Waals surface area contributed by atoms with Crippen molar-refractivity contribution in [3.8, 4) is 0 Å². The van der Waals surface area contributed by atoms with Gasteiger partial charge in [0, 0.05) is 13.0 Å². The van der Waals surface area contributed by atoms with Crippen LogP contribution >= 0.6 is 12.4 Å². The van der Waals surface area contributed by atoms with Crippen molar-refractivity contribution in [3.05, 3.63) is 59.7 Å². The third kappa shape index (κ3) is 5.59. The molecule has 2 amide bonds. The second-order valence-corrected chi connectivity index (χ2v) is 5.94. The lowest BCUT2D eigenvalue weighted by molar-refractivity contribution is -0.120. The van der Waals surface area contributed by atoms with Gasteiger partial charge < -0.3 is 16.4 Å². The van der Waals surface area contributed by atoms with Gasteiger partial charge in [0.2, 0.25) is 11.8 Å². The molecule has 0 aliphatic carbocycles. The number of nitrogens with one attached hydrogen (secondary N) is 2. The van der Waals surface area contributed by atoms with Gasteiger partial charge in [-0.1, -0.05) is 43.3 Å². The van der Waals surface area contributed by atoms with Crippen LogP contribution in [0, 0.1) is 12.8 Å². The number of aryl methyl sites for hydroxylation is 1. The van der Waals surface area contributed by atoms with Gasteiger partial charge in [-0.2, -0.15) is 0 Å². The highest BCUT2D eigenvalue weighted by Crippen LogP contribution is 2.26. The maximum Gasteiger partial charge on any atom is 0.229 e. The number of benzene rings is 2. The minimum Gasteiger partial charge on any atom is -0.325 e. The van der Waals surface area contributed by atoms with Gasteiger partial charge >= 0.3 is 0 Å². The first-order chi connectivity index (χ1) is 11.4. The summed E-state index contributed by atoms with van der Waals surface area (Å²) in [5.41, 5.74) is 9.25. The third-order valence-corrected chi connectivity index (χ3v) is 3.88. The molecule has 0 bridgehead atoms. The Balaban J connectivity index is 0.00000312. The van der Waals surface area contributed by atoms with E-state index in [1.165, 1.54) is 6.92 Å². The van der Waals surface area contributed by atoms with Gasteiger partial charge in [0.1, 0.15) is 0 Å². The average molecular weight is 362 g/mol. The molecule has 0 saturated heterocycles. The van der Waals surface area contributed by atoms with Crippen LogP contribution in [0.4, 0.5) is 11.4 Å². The molecule has 0 heterocycles. The normalized spacial score (nSPS) is 12.5. The van der Waals surface area contributed by atoms with E-state index < -0.39 is 12.0 Å². The summed E-state index contributed by atoms with van der Waals surface area (Å²) in [5.74, 6) is -0.801. The minimum atomic E-state index is -0.418. The average Bonchev–Trinajstić information content (AvgIpc) is 2.56. The van der Waals surface area contributed by atoms with Crippen molar-refractivity contribution in [1.82, 2.24) is 0 Å². The molecule has 2 aromatic carbocycles. The van der Waals surface area contributed by atoms with Gasteiger partial charge in [-0.25, -0.2) is 0 Å². The van der Waals surface area contributed by atoms with Crippen LogP contribution in [0.15, 0.2) is 48.5 Å². The molecule has 0 aliphatic rings. The fraction of sp³-hybridized carbons (Fsp3) is 0.263. The van der Waals surface area contributed by atoms with Crippen molar-refractivity contribution in [1.29, 1.82) is 0 Å². The van der Waals surface area contributed by atoms with Crippen LogP contribution in [0.2, 0.25) is 0 Å². The monoisotopic (exact) mass is 361 g/mol. The Bertz CT molecular complexity index is 735. The van der Waals surface area contributed by atoms with E-state index in [0.29, 0.717) is 11.4 Å². The zero-order valence-electron chi connectivity index (χ0n) is 14.6. The molecular weight excluding hydrogens is 338 g/mol. The fourth-order valence-electron chi connectivity index (χ4n) is 2.43. The summed E-state index contributed by atoms with van der Waals surface area (Å²) in [6.45, 7) is 5.15. The number of carbonyl (C=O) groups excluding carboxylic acids is 2. The molecule has 2 unspecified atom stereocenters. The molecule has 2 atom stereocenters. The summed E-state index contributed by atoms with van der Waals surface area (Å²) in [7, 11) is 0. The number of halogens is 1. The van der Waals surface area contributed by atoms with Crippen LogP contribution in [0.25, 0.3) is 0 Å². The Morgan fingerprint density at radius 3 is 2.24 bits per heavy atom. The van der Waals surface area contributed by atoms with E-state index in [-0.39, 0.29) is 24.2 Å². The van der Waals surface area contributed by atoms with Crippen molar-refractivity contribution >= 4 is 35.6 Å². The van der Waals surface area contributed by atoms with Gasteiger partial charge in [0.05, 0.1) is 17.3 Å². The smallest absolute Gasteiger partial charge is 0.229 e. The maximum atomic E-state index is 12.6. The van der Waals surface area contributed by atoms with Crippen LogP contribution in [0.3, 0.4) is 0 Å². The first-order valence-corrected chi connectivity index (χ1v) is 7.88. The first kappa shape index (κ1) is 20.7. The van der Waals surface area contributed by atoms with Crippen LogP contribution in [0.1, 0.15) is 31.0 Å². The zero-order valence-corrected chi connectivity index (χ0v) is 15.4. The van der Waals surface area contributed by atoms with Crippen molar-refractivity contribution < 1.29 is 9.59 Å². The van der Waals surface area contributed by atoms with Crippen LogP contribution in [-0.2, 0) is 9.59 Å². The highest BCUT2D eigenvalue weighted by Gasteiger charge is 2.23. The Hall–Kier alpha value is -2.37. The van der Waals surface area contributed by atoms with Crippen molar-refractivity contribution in [2.75, 3.05) is 10.6 Å². The number of hydrogen-bond acceptors (Lipinski definition) is 3. The molecule has 0 spiro atoms. The standard InChI is InChI=1S/C19H23N3O2.ClH/c1-12-9-10-16(21-14(3)23)17(11-12)22-19(24)13(2)18(20)15-7-5-4-6-8-15;/h4-11,13,18H,20H2,1-3H3,(H,21,23)(H,22,24);1H. The SMILES string of the molecule is CC(=O)Nc1ccc(C)cc1NC(=O)C(C)C(N)c1ccccc1.Cl. The summed E-state index contributed by atoms with van der Waals surface area (Å²) >= 11 is 0. The summed E-state index contributed by atoms with van der Waals surface area (Å²) in [4.78, 5) is 23.9. The number of anilines is 2. The van der Waals surface area contributed by atoms with Gasteiger partial charge in [0.25, 0.3) is 0 Å². The van der Waals surface area contributed by atoms with Gasteiger partial charge in [-0.15, -0.1) is 12.4 Å². The lowest BCUT2D eigenvalue weighted by Gasteiger charge is -2.21. The van der Waals surface area contributed by atoms with E-state index in [2.05, 4.69) is 10.6 Å². The molecule has 5 nitrogen and oxygen atoms in total. The molecule has 6 heteroatoms. The molecule has 25 heavy (non-hydrogen) atoms. The molecule has 0 saturated carbocycles. The van der Waals surface area contributed by atoms with E-state index in [1.807, 2.05) is 49.4 Å². The molecule has 0 radical (unpaired) electrons. The van der Waals surface area contributed by atoms with E-state index in [1.54, 1.807) is 13.0 Å². The predicted molar refractivity (Wildman–Crippen MR) is 104 cm³/mol. The van der Waals surface area contributed by atoms with E-state index in [0.717, 1.165) is 11.1 Å². The molecule has 0 aromatic heterocycles. The summed E-state index contributed by atoms with van der Waals surface area (Å²) in [5, 5.41) is 5.59. The Labute approximate surface area is 154 Å². The molecule has 2 rings (SSSR count). The van der Waals surface area contributed by atoms with Crippen molar-refractivity contribution in [2.45, 2.75) is 26.8 Å². The van der Waals surface area contributed by atoms with E-state index in [9.17, 15) is 9.59 Å². The fourth-order valence-corrected chi connectivity index (χ4v) is 2.43. The van der Waals surface area contributed by atoms with Crippen LogP contribution < -0.4 is 16.4 Å². The molecule has 4 N–H and O–H groups in total. The van der Waals surface area contributed by atoms with Crippen molar-refractivity contribution in [2.24, 2.45) is 11.7 Å². The van der Waals surface area contributed by atoms with Crippen LogP contribution in [-0.4, -0.2) is 11.8 Å². The zero-order chi connectivity index (χ0) is 17.7. The largest absolute Gasteiger partial charge is 0.325 e. The summed E-state index contributed by atoms with van der Waals surface area (Å²) < 4.78 is 0. The predicted octanol–water partition coefficient (Wildman–Crippen LogP) is 3.65. The number of carbonyl (C=O) groups is 2. The lowest BCUT2D eigenvalue weighted by atomic mass is 9.94. The van der Waals surface area contributed by atoms with E-state index in [4.69, 9.17) is 5.73 Å². The topological polar surface area (TPSA) is 84.2 Å². The van der Waals surface area contributed by atoms with Gasteiger partial charge in [-0.3, -0.25) is 9.59 Å². The third-order valence-electron chi connectivity index (χ3n) is 3.88. The van der Waals surface area contributed by atoms with Crippen LogP contribution in [0.5, 0.6) is 0 Å². The molecule has 0 aliphatic heterocycles. The first-order valence-electron chi connectivity index (χ1n) is 7.88. The van der Waals surface area contributed by atoms with E-state index >= 15 is 0 Å². The Morgan fingerprint density at radius 2 is 1.64 bits per heavy atom. The highest BCUT2D eigenvalue weighted by molar-refractivity contribution is 5.99. The maximum absolute atomic E-state index is 12.6. The molecular formula is C19H24ClN3O2. The number of amides is 2. The number of rotatable bonds is 5. The lowest BCUT2D eigenvalue weighted by Crippen LogP contribution is -2.30. The highest BCUT2D eigenvalue weighted by atomic mass is 35.5. The summed E-state index contributed by atoms with van der Waals surface area (Å²) in [6, 6.07) is 14.6. The van der Waals surface area contributed by atoms with Gasteiger partial charge in [0.15, 0.2) is 0 Å². The minimum absolute atomic E-state index is 0. The Morgan fingerprint density at radius 1 is 1.00 bits per heavy atom. The Kier molecular flexibility index (Phi) is 7.61. The quantitative estimate of drug-likeness (QED) is 0.760. The summed E-state index contributed by atoms with van der Waals surface area (Å²) in [6.07, 6.45) is 0. The molecule has 134 valence electrons.